The molecule has 2 saturated carbocycles. The zero-order chi connectivity index (χ0) is 12.6. The van der Waals surface area contributed by atoms with Gasteiger partial charge in [-0.3, -0.25) is 4.79 Å². The van der Waals surface area contributed by atoms with Gasteiger partial charge in [0.1, 0.15) is 0 Å². The summed E-state index contributed by atoms with van der Waals surface area (Å²) in [7, 11) is -2.14. The third kappa shape index (κ3) is 2.49. The van der Waals surface area contributed by atoms with Gasteiger partial charge in [-0.2, -0.15) is 4.36 Å². The number of hydrogen-bond acceptors (Lipinski definition) is 2. The molecular formula is C14H23NO2S. The Morgan fingerprint density at radius 3 is 2.44 bits per heavy atom. The van der Waals surface area contributed by atoms with Crippen LogP contribution in [0.1, 0.15) is 57.8 Å². The smallest absolute Gasteiger partial charge is 0.253 e. The molecule has 0 spiro atoms. The molecule has 1 amide bonds. The van der Waals surface area contributed by atoms with Crippen molar-refractivity contribution in [3.8, 4) is 0 Å². The number of rotatable bonds is 3. The molecule has 0 N–H and O–H groups in total. The molecule has 0 aromatic heterocycles. The maximum Gasteiger partial charge on any atom is 0.253 e. The number of amides is 1. The van der Waals surface area contributed by atoms with Gasteiger partial charge in [-0.25, -0.2) is 4.21 Å². The molecule has 1 heterocycles. The Morgan fingerprint density at radius 1 is 1.22 bits per heavy atom. The van der Waals surface area contributed by atoms with E-state index in [0.29, 0.717) is 23.3 Å². The van der Waals surface area contributed by atoms with E-state index in [9.17, 15) is 9.00 Å². The van der Waals surface area contributed by atoms with Crippen LogP contribution in [0.5, 0.6) is 0 Å². The first-order valence-corrected chi connectivity index (χ1v) is 9.20. The van der Waals surface area contributed by atoms with Crippen LogP contribution in [0.3, 0.4) is 0 Å². The van der Waals surface area contributed by atoms with E-state index in [-0.39, 0.29) is 5.91 Å². The van der Waals surface area contributed by atoms with Crippen molar-refractivity contribution < 1.29 is 9.00 Å². The highest BCUT2D eigenvalue weighted by Crippen LogP contribution is 2.56. The molecule has 0 atom stereocenters. The Kier molecular flexibility index (Phi) is 3.25. The van der Waals surface area contributed by atoms with Crippen molar-refractivity contribution in [3.05, 3.63) is 0 Å². The fraction of sp³-hybridized carbons (Fsp3) is 0.929. The molecule has 18 heavy (non-hydrogen) atoms. The molecule has 0 unspecified atom stereocenters. The van der Waals surface area contributed by atoms with Crippen molar-refractivity contribution in [1.29, 1.82) is 0 Å². The maximum atomic E-state index is 12.2. The lowest BCUT2D eigenvalue weighted by atomic mass is 9.80. The highest BCUT2D eigenvalue weighted by molar-refractivity contribution is 7.94. The quantitative estimate of drug-likeness (QED) is 0.790. The van der Waals surface area contributed by atoms with Crippen molar-refractivity contribution >= 4 is 15.6 Å². The van der Waals surface area contributed by atoms with Crippen LogP contribution in [0.4, 0.5) is 0 Å². The average Bonchev–Trinajstić information content (AvgIpc) is 3.02. The van der Waals surface area contributed by atoms with Gasteiger partial charge in [0.25, 0.3) is 5.91 Å². The number of nitrogens with zero attached hydrogens (tertiary/aromatic N) is 1. The largest absolute Gasteiger partial charge is 0.272 e. The highest BCUT2D eigenvalue weighted by atomic mass is 32.2. The van der Waals surface area contributed by atoms with Crippen LogP contribution in [0.15, 0.2) is 4.36 Å². The van der Waals surface area contributed by atoms with Crippen LogP contribution in [0.25, 0.3) is 0 Å². The van der Waals surface area contributed by atoms with Gasteiger partial charge in [0.2, 0.25) is 0 Å². The second kappa shape index (κ2) is 4.62. The lowest BCUT2D eigenvalue weighted by Crippen LogP contribution is -2.16. The Labute approximate surface area is 110 Å². The predicted molar refractivity (Wildman–Crippen MR) is 72.8 cm³/mol. The van der Waals surface area contributed by atoms with Gasteiger partial charge in [0, 0.05) is 17.9 Å². The monoisotopic (exact) mass is 269 g/mol. The van der Waals surface area contributed by atoms with Crippen LogP contribution in [-0.4, -0.2) is 21.6 Å². The van der Waals surface area contributed by atoms with Crippen LogP contribution in [0, 0.1) is 11.3 Å². The number of carbonyl (C=O) groups is 1. The van der Waals surface area contributed by atoms with Crippen LogP contribution in [-0.2, 0) is 14.5 Å². The zero-order valence-electron chi connectivity index (χ0n) is 11.0. The van der Waals surface area contributed by atoms with E-state index in [1.54, 1.807) is 0 Å². The molecule has 3 fully saturated rings. The molecule has 0 aromatic carbocycles. The molecule has 0 aromatic rings. The van der Waals surface area contributed by atoms with E-state index in [4.69, 9.17) is 0 Å². The summed E-state index contributed by atoms with van der Waals surface area (Å²) in [6.45, 7) is 0. The highest BCUT2D eigenvalue weighted by Gasteiger charge is 2.44. The summed E-state index contributed by atoms with van der Waals surface area (Å²) < 4.78 is 16.2. The van der Waals surface area contributed by atoms with Crippen molar-refractivity contribution in [1.82, 2.24) is 0 Å². The number of fused-ring (bicyclic) bond motifs is 2. The van der Waals surface area contributed by atoms with Gasteiger partial charge < -0.3 is 0 Å². The SMILES string of the molecule is O=C(CCC12CCC(CC1)C2)N=S1(=O)CCCC1. The van der Waals surface area contributed by atoms with Crippen LogP contribution >= 0.6 is 0 Å². The summed E-state index contributed by atoms with van der Waals surface area (Å²) in [6, 6.07) is 0. The van der Waals surface area contributed by atoms with Crippen molar-refractivity contribution in [2.45, 2.75) is 57.8 Å². The topological polar surface area (TPSA) is 46.5 Å². The molecule has 3 aliphatic rings. The fourth-order valence-electron chi connectivity index (χ4n) is 4.11. The van der Waals surface area contributed by atoms with E-state index < -0.39 is 9.73 Å². The average molecular weight is 269 g/mol. The molecule has 1 saturated heterocycles. The normalized spacial score (nSPS) is 37.0. The summed E-state index contributed by atoms with van der Waals surface area (Å²) in [5, 5.41) is 0. The van der Waals surface area contributed by atoms with Gasteiger partial charge in [0.05, 0.1) is 9.73 Å². The van der Waals surface area contributed by atoms with Crippen molar-refractivity contribution in [2.75, 3.05) is 11.5 Å². The van der Waals surface area contributed by atoms with E-state index in [1.807, 2.05) is 0 Å². The molecule has 3 nitrogen and oxygen atoms in total. The lowest BCUT2D eigenvalue weighted by Gasteiger charge is -2.25. The molecule has 3 rings (SSSR count). The molecular weight excluding hydrogens is 246 g/mol. The molecule has 4 heteroatoms. The third-order valence-corrected chi connectivity index (χ3v) is 7.59. The van der Waals surface area contributed by atoms with Gasteiger partial charge in [0.15, 0.2) is 0 Å². The summed E-state index contributed by atoms with van der Waals surface area (Å²) in [4.78, 5) is 11.9. The Balaban J connectivity index is 1.57. The van der Waals surface area contributed by atoms with Crippen LogP contribution < -0.4 is 0 Å². The number of carbonyl (C=O) groups excluding carboxylic acids is 1. The minimum absolute atomic E-state index is 0.0911. The second-order valence-corrected chi connectivity index (χ2v) is 9.06. The van der Waals surface area contributed by atoms with E-state index in [0.717, 1.165) is 25.2 Å². The van der Waals surface area contributed by atoms with Gasteiger partial charge in [-0.15, -0.1) is 0 Å². The standard InChI is InChI=1S/C14H23NO2S/c16-13(15-18(17)9-1-2-10-18)5-8-14-6-3-12(11-14)4-7-14/h12H,1-11H2. The fourth-order valence-corrected chi connectivity index (χ4v) is 6.27. The summed E-state index contributed by atoms with van der Waals surface area (Å²) in [6.07, 6.45) is 10.1. The predicted octanol–water partition coefficient (Wildman–Crippen LogP) is 3.14. The minimum atomic E-state index is -2.14. The first-order chi connectivity index (χ1) is 8.59. The molecule has 1 aliphatic heterocycles. The van der Waals surface area contributed by atoms with E-state index in [2.05, 4.69) is 4.36 Å². The minimum Gasteiger partial charge on any atom is -0.272 e. The third-order valence-electron chi connectivity index (χ3n) is 5.20. The Bertz CT molecular complexity index is 442. The summed E-state index contributed by atoms with van der Waals surface area (Å²) in [5.41, 5.74) is 0.455. The maximum absolute atomic E-state index is 12.2. The Hall–Kier alpha value is -0.380. The second-order valence-electron chi connectivity index (χ2n) is 6.52. The molecule has 2 aliphatic carbocycles. The van der Waals surface area contributed by atoms with Crippen molar-refractivity contribution in [3.63, 3.8) is 0 Å². The Morgan fingerprint density at radius 2 is 1.89 bits per heavy atom. The van der Waals surface area contributed by atoms with Gasteiger partial charge >= 0.3 is 0 Å². The zero-order valence-corrected chi connectivity index (χ0v) is 11.8. The lowest BCUT2D eigenvalue weighted by molar-refractivity contribution is -0.118. The molecule has 2 bridgehead atoms. The summed E-state index contributed by atoms with van der Waals surface area (Å²) >= 11 is 0. The van der Waals surface area contributed by atoms with E-state index in [1.165, 1.54) is 32.1 Å². The molecule has 102 valence electrons. The molecule has 0 radical (unpaired) electrons. The van der Waals surface area contributed by atoms with Gasteiger partial charge in [-0.1, -0.05) is 0 Å². The van der Waals surface area contributed by atoms with Crippen molar-refractivity contribution in [2.24, 2.45) is 15.7 Å². The summed E-state index contributed by atoms with van der Waals surface area (Å²) in [5.74, 6) is 2.13. The first kappa shape index (κ1) is 12.6. The van der Waals surface area contributed by atoms with E-state index >= 15 is 0 Å². The van der Waals surface area contributed by atoms with Crippen LogP contribution in [0.2, 0.25) is 0 Å². The first-order valence-electron chi connectivity index (χ1n) is 7.35. The van der Waals surface area contributed by atoms with Gasteiger partial charge in [-0.05, 0) is 62.7 Å². The number of hydrogen-bond donors (Lipinski definition) is 0.